The predicted octanol–water partition coefficient (Wildman–Crippen LogP) is 5.60. The van der Waals surface area contributed by atoms with E-state index in [0.29, 0.717) is 5.92 Å². The van der Waals surface area contributed by atoms with E-state index in [2.05, 4.69) is 43.6 Å². The van der Waals surface area contributed by atoms with Crippen LogP contribution < -0.4 is 0 Å². The van der Waals surface area contributed by atoms with Gasteiger partial charge in [0.1, 0.15) is 4.51 Å². The van der Waals surface area contributed by atoms with Gasteiger partial charge in [-0.25, -0.2) is 0 Å². The lowest BCUT2D eigenvalue weighted by Gasteiger charge is -2.29. The molecule has 0 amide bonds. The highest BCUT2D eigenvalue weighted by molar-refractivity contribution is 9.10. The van der Waals surface area contributed by atoms with Crippen LogP contribution in [0.2, 0.25) is 0 Å². The number of halogens is 1. The van der Waals surface area contributed by atoms with Gasteiger partial charge < -0.3 is 5.11 Å². The van der Waals surface area contributed by atoms with Crippen LogP contribution in [0.3, 0.4) is 0 Å². The van der Waals surface area contributed by atoms with Gasteiger partial charge >= 0.3 is 0 Å². The molecule has 1 N–H and O–H groups in total. The van der Waals surface area contributed by atoms with E-state index < -0.39 is 4.51 Å². The van der Waals surface area contributed by atoms with Crippen molar-refractivity contribution in [1.82, 2.24) is 0 Å². The van der Waals surface area contributed by atoms with Crippen molar-refractivity contribution in [2.24, 2.45) is 29.6 Å². The second-order valence-corrected chi connectivity index (χ2v) is 8.98. The molecule has 19 heavy (non-hydrogen) atoms. The Hall–Kier alpha value is 0.440. The van der Waals surface area contributed by atoms with Crippen molar-refractivity contribution in [3.8, 4) is 0 Å². The molecule has 1 aliphatic rings. The summed E-state index contributed by atoms with van der Waals surface area (Å²) < 4.78 is -0.693. The first-order chi connectivity index (χ1) is 8.74. The Morgan fingerprint density at radius 1 is 1.21 bits per heavy atom. The van der Waals surface area contributed by atoms with Gasteiger partial charge in [-0.05, 0) is 55.8 Å². The first kappa shape index (κ1) is 17.5. The van der Waals surface area contributed by atoms with Crippen LogP contribution in [0.15, 0.2) is 0 Å². The van der Waals surface area contributed by atoms with Gasteiger partial charge in [-0.2, -0.15) is 0 Å². The second kappa shape index (κ2) is 7.45. The molecular weight excluding hydrogens is 300 g/mol. The molecule has 0 aromatic heterocycles. The van der Waals surface area contributed by atoms with Crippen LogP contribution in [0.5, 0.6) is 0 Å². The molecule has 0 aromatic rings. The number of hydrogen-bond acceptors (Lipinski definition) is 1. The summed E-state index contributed by atoms with van der Waals surface area (Å²) >= 11 is 3.33. The van der Waals surface area contributed by atoms with Crippen LogP contribution in [-0.2, 0) is 0 Å². The molecule has 0 aliphatic heterocycles. The maximum atomic E-state index is 9.79. The third-order valence-corrected chi connectivity index (χ3v) is 5.43. The molecule has 1 unspecified atom stereocenters. The van der Waals surface area contributed by atoms with Crippen LogP contribution in [0, 0.1) is 29.6 Å². The Morgan fingerprint density at radius 3 is 2.21 bits per heavy atom. The summed E-state index contributed by atoms with van der Waals surface area (Å²) in [4.78, 5) is 0. The quantitative estimate of drug-likeness (QED) is 0.544. The number of rotatable bonds is 9. The zero-order valence-electron chi connectivity index (χ0n) is 13.5. The van der Waals surface area contributed by atoms with Crippen molar-refractivity contribution < 1.29 is 5.11 Å². The molecule has 5 atom stereocenters. The third kappa shape index (κ3) is 6.62. The maximum Gasteiger partial charge on any atom is 0.117 e. The van der Waals surface area contributed by atoms with Gasteiger partial charge in [0, 0.05) is 0 Å². The average molecular weight is 333 g/mol. The van der Waals surface area contributed by atoms with Gasteiger partial charge in [-0.15, -0.1) is 0 Å². The van der Waals surface area contributed by atoms with Crippen molar-refractivity contribution in [3.63, 3.8) is 0 Å². The fraction of sp³-hybridized carbons (Fsp3) is 1.00. The molecule has 1 fully saturated rings. The molecule has 0 bridgehead atoms. The molecule has 2 heteroatoms. The van der Waals surface area contributed by atoms with E-state index in [4.69, 9.17) is 0 Å². The zero-order chi connectivity index (χ0) is 14.6. The van der Waals surface area contributed by atoms with Crippen molar-refractivity contribution in [3.05, 3.63) is 0 Å². The molecule has 0 spiro atoms. The maximum absolute atomic E-state index is 9.79. The molecule has 1 nitrogen and oxygen atoms in total. The van der Waals surface area contributed by atoms with Crippen LogP contribution in [0.4, 0.5) is 0 Å². The summed E-state index contributed by atoms with van der Waals surface area (Å²) in [5.74, 6) is 4.24. The first-order valence-corrected chi connectivity index (χ1v) is 8.95. The van der Waals surface area contributed by atoms with E-state index in [0.717, 1.165) is 30.1 Å². The summed E-state index contributed by atoms with van der Waals surface area (Å²) in [5, 5.41) is 9.79. The normalized spacial score (nSPS) is 25.4. The molecule has 0 heterocycles. The van der Waals surface area contributed by atoms with Crippen LogP contribution in [-0.4, -0.2) is 9.62 Å². The molecule has 1 rings (SSSR count). The molecular formula is C17H33BrO. The van der Waals surface area contributed by atoms with E-state index in [1.165, 1.54) is 32.1 Å². The summed E-state index contributed by atoms with van der Waals surface area (Å²) in [6, 6.07) is 0. The third-order valence-electron chi connectivity index (χ3n) is 5.11. The van der Waals surface area contributed by atoms with Gasteiger partial charge in [-0.1, -0.05) is 62.9 Å². The highest BCUT2D eigenvalue weighted by Gasteiger charge is 2.35. The highest BCUT2D eigenvalue weighted by atomic mass is 79.9. The molecule has 0 aromatic carbocycles. The van der Waals surface area contributed by atoms with Crippen LogP contribution >= 0.6 is 15.9 Å². The zero-order valence-corrected chi connectivity index (χ0v) is 15.0. The minimum absolute atomic E-state index is 0.588. The fourth-order valence-corrected chi connectivity index (χ4v) is 4.18. The lowest BCUT2D eigenvalue weighted by Crippen LogP contribution is -2.22. The molecule has 0 saturated heterocycles. The SMILES string of the molecule is CC[C@@H](C1CC1)[C@H](C)[C@@H](C)CC[C@@H](C)CC(C)(O)Br. The van der Waals surface area contributed by atoms with Crippen molar-refractivity contribution in [1.29, 1.82) is 0 Å². The summed E-state index contributed by atoms with van der Waals surface area (Å²) in [6.07, 6.45) is 7.66. The van der Waals surface area contributed by atoms with E-state index in [1.54, 1.807) is 0 Å². The lowest BCUT2D eigenvalue weighted by molar-refractivity contribution is 0.129. The Morgan fingerprint density at radius 2 is 1.79 bits per heavy atom. The van der Waals surface area contributed by atoms with E-state index in [1.807, 2.05) is 6.92 Å². The topological polar surface area (TPSA) is 20.2 Å². The van der Waals surface area contributed by atoms with Crippen molar-refractivity contribution in [2.45, 2.75) is 77.7 Å². The summed E-state index contributed by atoms with van der Waals surface area (Å²) in [5.41, 5.74) is 0. The highest BCUT2D eigenvalue weighted by Crippen LogP contribution is 2.45. The largest absolute Gasteiger partial charge is 0.379 e. The van der Waals surface area contributed by atoms with Gasteiger partial charge in [0.15, 0.2) is 0 Å². The Bertz CT molecular complexity index is 254. The minimum atomic E-state index is -0.693. The number of alkyl halides is 1. The van der Waals surface area contributed by atoms with E-state index in [9.17, 15) is 5.11 Å². The fourth-order valence-electron chi connectivity index (χ4n) is 3.63. The smallest absolute Gasteiger partial charge is 0.117 e. The van der Waals surface area contributed by atoms with Gasteiger partial charge in [0.05, 0.1) is 0 Å². The van der Waals surface area contributed by atoms with Gasteiger partial charge in [0.2, 0.25) is 0 Å². The first-order valence-electron chi connectivity index (χ1n) is 8.15. The Kier molecular flexibility index (Phi) is 6.86. The van der Waals surface area contributed by atoms with Crippen LogP contribution in [0.25, 0.3) is 0 Å². The van der Waals surface area contributed by atoms with Crippen LogP contribution in [0.1, 0.15) is 73.1 Å². The Labute approximate surface area is 128 Å². The Balaban J connectivity index is 2.31. The number of hydrogen-bond donors (Lipinski definition) is 1. The second-order valence-electron chi connectivity index (χ2n) is 7.27. The minimum Gasteiger partial charge on any atom is -0.379 e. The van der Waals surface area contributed by atoms with Crippen molar-refractivity contribution in [2.75, 3.05) is 0 Å². The summed E-state index contributed by atoms with van der Waals surface area (Å²) in [6.45, 7) is 11.3. The molecule has 0 radical (unpaired) electrons. The molecule has 114 valence electrons. The van der Waals surface area contributed by atoms with Crippen molar-refractivity contribution >= 4 is 15.9 Å². The number of aliphatic hydroxyl groups is 1. The summed E-state index contributed by atoms with van der Waals surface area (Å²) in [7, 11) is 0. The monoisotopic (exact) mass is 332 g/mol. The van der Waals surface area contributed by atoms with E-state index >= 15 is 0 Å². The standard InChI is InChI=1S/C17H33BrO/c1-6-16(15-9-10-15)14(4)13(3)8-7-12(2)11-17(5,18)19/h12-16,19H,6-11H2,1-5H3/t12-,13+,14-,16-,17?/m1/s1. The van der Waals surface area contributed by atoms with Gasteiger partial charge in [-0.3, -0.25) is 0 Å². The van der Waals surface area contributed by atoms with E-state index in [-0.39, 0.29) is 0 Å². The lowest BCUT2D eigenvalue weighted by atomic mass is 9.77. The average Bonchev–Trinajstić information content (AvgIpc) is 3.08. The predicted molar refractivity (Wildman–Crippen MR) is 87.4 cm³/mol. The molecule has 1 saturated carbocycles. The molecule has 1 aliphatic carbocycles. The van der Waals surface area contributed by atoms with Gasteiger partial charge in [0.25, 0.3) is 0 Å².